The van der Waals surface area contributed by atoms with Crippen LogP contribution in [-0.4, -0.2) is 34.6 Å². The zero-order valence-electron chi connectivity index (χ0n) is 10.7. The Bertz CT molecular complexity index is 568. The number of halogens is 2. The van der Waals surface area contributed by atoms with Gasteiger partial charge in [-0.2, -0.15) is 10.3 Å². The molecule has 1 aromatic carbocycles. The Balaban J connectivity index is 1.62. The van der Waals surface area contributed by atoms with E-state index in [4.69, 9.17) is 27.9 Å². The van der Waals surface area contributed by atoms with E-state index in [2.05, 4.69) is 20.3 Å². The summed E-state index contributed by atoms with van der Waals surface area (Å²) in [6.07, 6.45) is 3.57. The van der Waals surface area contributed by atoms with Gasteiger partial charge in [-0.15, -0.1) is 5.10 Å². The van der Waals surface area contributed by atoms with E-state index in [9.17, 15) is 0 Å². The molecule has 2 heterocycles. The predicted molar refractivity (Wildman–Crippen MR) is 78.7 cm³/mol. The third kappa shape index (κ3) is 2.99. The van der Waals surface area contributed by atoms with Crippen molar-refractivity contribution in [1.82, 2.24) is 15.4 Å². The van der Waals surface area contributed by atoms with Crippen molar-refractivity contribution in [3.05, 3.63) is 34.4 Å². The quantitative estimate of drug-likeness (QED) is 0.946. The molecule has 5 nitrogen and oxygen atoms in total. The molecule has 1 aromatic heterocycles. The van der Waals surface area contributed by atoms with Gasteiger partial charge in [0.2, 0.25) is 0 Å². The molecule has 1 saturated heterocycles. The van der Waals surface area contributed by atoms with E-state index >= 15 is 0 Å². The Morgan fingerprint density at radius 1 is 1.25 bits per heavy atom. The molecule has 0 atom stereocenters. The number of ether oxygens (including phenoxy) is 1. The maximum Gasteiger partial charge on any atom is 0.253 e. The highest BCUT2D eigenvalue weighted by Gasteiger charge is 2.22. The molecule has 0 saturated carbocycles. The van der Waals surface area contributed by atoms with E-state index < -0.39 is 0 Å². The van der Waals surface area contributed by atoms with Crippen molar-refractivity contribution >= 4 is 28.9 Å². The highest BCUT2D eigenvalue weighted by Crippen LogP contribution is 2.31. The van der Waals surface area contributed by atoms with E-state index in [1.165, 1.54) is 0 Å². The molecular weight excluding hydrogens is 299 g/mol. The standard InChI is InChI=1S/C13H14Cl2N4O/c14-9-1-2-11(15)12(7-9)19-5-3-10(4-6-19)20-13-8-16-18-17-13/h1-2,7-8,10H,3-6H2,(H,16,17,18). The van der Waals surface area contributed by atoms with Gasteiger partial charge >= 0.3 is 0 Å². The van der Waals surface area contributed by atoms with E-state index in [1.807, 2.05) is 12.1 Å². The first-order valence-electron chi connectivity index (χ1n) is 6.45. The largest absolute Gasteiger partial charge is 0.472 e. The summed E-state index contributed by atoms with van der Waals surface area (Å²) in [5.74, 6) is 0.546. The van der Waals surface area contributed by atoms with E-state index in [0.717, 1.165) is 36.6 Å². The summed E-state index contributed by atoms with van der Waals surface area (Å²) in [4.78, 5) is 2.23. The van der Waals surface area contributed by atoms with Gasteiger partial charge in [-0.05, 0) is 18.2 Å². The molecule has 0 aliphatic carbocycles. The molecule has 0 radical (unpaired) electrons. The highest BCUT2D eigenvalue weighted by atomic mass is 35.5. The predicted octanol–water partition coefficient (Wildman–Crippen LogP) is 3.16. The molecule has 7 heteroatoms. The monoisotopic (exact) mass is 312 g/mol. The summed E-state index contributed by atoms with van der Waals surface area (Å²) in [7, 11) is 0. The van der Waals surface area contributed by atoms with Gasteiger partial charge in [-0.3, -0.25) is 0 Å². The number of H-pyrrole nitrogens is 1. The van der Waals surface area contributed by atoms with Gasteiger partial charge < -0.3 is 9.64 Å². The lowest BCUT2D eigenvalue weighted by Gasteiger charge is -2.33. The number of aromatic nitrogens is 3. The first kappa shape index (κ1) is 13.5. The summed E-state index contributed by atoms with van der Waals surface area (Å²) in [5.41, 5.74) is 0.985. The van der Waals surface area contributed by atoms with Gasteiger partial charge in [0.15, 0.2) is 0 Å². The number of rotatable bonds is 3. The zero-order chi connectivity index (χ0) is 13.9. The maximum absolute atomic E-state index is 6.23. The molecule has 2 aromatic rings. The van der Waals surface area contributed by atoms with Crippen molar-refractivity contribution < 1.29 is 4.74 Å². The van der Waals surface area contributed by atoms with Gasteiger partial charge in [0.05, 0.1) is 10.7 Å². The molecule has 106 valence electrons. The summed E-state index contributed by atoms with van der Waals surface area (Å²) >= 11 is 12.3. The summed E-state index contributed by atoms with van der Waals surface area (Å²) < 4.78 is 5.74. The Morgan fingerprint density at radius 2 is 2.05 bits per heavy atom. The molecule has 0 spiro atoms. The number of anilines is 1. The molecule has 1 N–H and O–H groups in total. The number of hydrogen-bond acceptors (Lipinski definition) is 4. The van der Waals surface area contributed by atoms with Crippen LogP contribution in [0.15, 0.2) is 24.4 Å². The average Bonchev–Trinajstić information content (AvgIpc) is 2.95. The van der Waals surface area contributed by atoms with Crippen molar-refractivity contribution in [2.75, 3.05) is 18.0 Å². The van der Waals surface area contributed by atoms with Crippen molar-refractivity contribution in [3.8, 4) is 5.88 Å². The SMILES string of the molecule is Clc1ccc(Cl)c(N2CCC(Oc3cn[nH]n3)CC2)c1. The van der Waals surface area contributed by atoms with Gasteiger partial charge in [0.1, 0.15) is 12.3 Å². The molecule has 1 aliphatic heterocycles. The van der Waals surface area contributed by atoms with Gasteiger partial charge in [0.25, 0.3) is 5.88 Å². The Morgan fingerprint density at radius 3 is 2.75 bits per heavy atom. The van der Waals surface area contributed by atoms with Crippen LogP contribution in [0.3, 0.4) is 0 Å². The smallest absolute Gasteiger partial charge is 0.253 e. The second-order valence-electron chi connectivity index (χ2n) is 4.71. The number of benzene rings is 1. The fraction of sp³-hybridized carbons (Fsp3) is 0.385. The topological polar surface area (TPSA) is 54.0 Å². The second-order valence-corrected chi connectivity index (χ2v) is 5.55. The molecule has 0 unspecified atom stereocenters. The molecule has 0 amide bonds. The summed E-state index contributed by atoms with van der Waals surface area (Å²) in [6.45, 7) is 1.76. The second kappa shape index (κ2) is 5.89. The molecule has 1 aliphatic rings. The Labute approximate surface area is 126 Å². The minimum atomic E-state index is 0.161. The lowest BCUT2D eigenvalue weighted by molar-refractivity contribution is 0.164. The highest BCUT2D eigenvalue weighted by molar-refractivity contribution is 6.35. The van der Waals surface area contributed by atoms with Crippen LogP contribution in [0, 0.1) is 0 Å². The van der Waals surface area contributed by atoms with Crippen LogP contribution in [0.5, 0.6) is 5.88 Å². The summed E-state index contributed by atoms with van der Waals surface area (Å²) in [6, 6.07) is 5.54. The third-order valence-electron chi connectivity index (χ3n) is 3.37. The zero-order valence-corrected chi connectivity index (χ0v) is 12.2. The van der Waals surface area contributed by atoms with Crippen molar-refractivity contribution in [1.29, 1.82) is 0 Å². The van der Waals surface area contributed by atoms with Gasteiger partial charge in [-0.1, -0.05) is 23.2 Å². The number of nitrogens with zero attached hydrogens (tertiary/aromatic N) is 3. The van der Waals surface area contributed by atoms with Gasteiger partial charge in [-0.25, -0.2) is 0 Å². The minimum absolute atomic E-state index is 0.161. The van der Waals surface area contributed by atoms with Crippen molar-refractivity contribution in [3.63, 3.8) is 0 Å². The number of hydrogen-bond donors (Lipinski definition) is 1. The van der Waals surface area contributed by atoms with Crippen LogP contribution in [-0.2, 0) is 0 Å². The molecule has 20 heavy (non-hydrogen) atoms. The maximum atomic E-state index is 6.23. The number of piperidine rings is 1. The van der Waals surface area contributed by atoms with Crippen LogP contribution in [0.4, 0.5) is 5.69 Å². The lowest BCUT2D eigenvalue weighted by Crippen LogP contribution is -2.38. The number of nitrogens with one attached hydrogen (secondary N) is 1. The van der Waals surface area contributed by atoms with E-state index in [1.54, 1.807) is 12.3 Å². The Hall–Kier alpha value is -1.46. The molecular formula is C13H14Cl2N4O. The first-order valence-corrected chi connectivity index (χ1v) is 7.20. The molecule has 1 fully saturated rings. The average molecular weight is 313 g/mol. The van der Waals surface area contributed by atoms with Crippen LogP contribution < -0.4 is 9.64 Å². The fourth-order valence-corrected chi connectivity index (χ4v) is 2.76. The lowest BCUT2D eigenvalue weighted by atomic mass is 10.1. The summed E-state index contributed by atoms with van der Waals surface area (Å²) in [5, 5.41) is 11.6. The third-order valence-corrected chi connectivity index (χ3v) is 3.93. The van der Waals surface area contributed by atoms with Crippen LogP contribution in [0.1, 0.15) is 12.8 Å². The first-order chi connectivity index (χ1) is 9.72. The molecule has 3 rings (SSSR count). The van der Waals surface area contributed by atoms with Crippen LogP contribution in [0.25, 0.3) is 0 Å². The van der Waals surface area contributed by atoms with E-state index in [-0.39, 0.29) is 6.10 Å². The van der Waals surface area contributed by atoms with Crippen molar-refractivity contribution in [2.45, 2.75) is 18.9 Å². The van der Waals surface area contributed by atoms with Gasteiger partial charge in [0, 0.05) is 31.0 Å². The van der Waals surface area contributed by atoms with Crippen molar-refractivity contribution in [2.24, 2.45) is 0 Å². The normalized spacial score (nSPS) is 16.4. The van der Waals surface area contributed by atoms with E-state index in [0.29, 0.717) is 10.9 Å². The minimum Gasteiger partial charge on any atom is -0.472 e. The molecule has 0 bridgehead atoms. The van der Waals surface area contributed by atoms with Crippen LogP contribution >= 0.6 is 23.2 Å². The van der Waals surface area contributed by atoms with Crippen LogP contribution in [0.2, 0.25) is 10.0 Å². The number of aromatic amines is 1. The Kier molecular flexibility index (Phi) is 3.98. The fourth-order valence-electron chi connectivity index (χ4n) is 2.36.